The highest BCUT2D eigenvalue weighted by atomic mass is 19.3. The second-order valence-electron chi connectivity index (χ2n) is 4.07. The van der Waals surface area contributed by atoms with E-state index in [0.29, 0.717) is 0 Å². The molecule has 1 aliphatic rings. The molecule has 1 aromatic rings. The summed E-state index contributed by atoms with van der Waals surface area (Å²) in [6.07, 6.45) is -2.46. The third kappa shape index (κ3) is 1.79. The van der Waals surface area contributed by atoms with E-state index in [1.807, 2.05) is 30.3 Å². The number of benzene rings is 1. The van der Waals surface area contributed by atoms with Crippen LogP contribution in [0.1, 0.15) is 12.5 Å². The lowest BCUT2D eigenvalue weighted by Crippen LogP contribution is -2.62. The van der Waals surface area contributed by atoms with Crippen molar-refractivity contribution in [2.24, 2.45) is 5.92 Å². The topological polar surface area (TPSA) is 20.3 Å². The van der Waals surface area contributed by atoms with Gasteiger partial charge in [0, 0.05) is 6.54 Å². The summed E-state index contributed by atoms with van der Waals surface area (Å²) in [7, 11) is 0. The van der Waals surface area contributed by atoms with Gasteiger partial charge in [0.2, 0.25) is 5.91 Å². The molecule has 1 fully saturated rings. The van der Waals surface area contributed by atoms with E-state index in [1.54, 1.807) is 6.92 Å². The fraction of sp³-hybridized carbons (Fsp3) is 0.417. The monoisotopic (exact) mass is 225 g/mol. The zero-order valence-corrected chi connectivity index (χ0v) is 8.94. The highest BCUT2D eigenvalue weighted by Crippen LogP contribution is 2.32. The SMILES string of the molecule is CC1C(=O)N(Cc2ccccc2)C1C(F)F. The first-order valence-electron chi connectivity index (χ1n) is 5.24. The lowest BCUT2D eigenvalue weighted by atomic mass is 9.89. The van der Waals surface area contributed by atoms with Gasteiger partial charge in [0.15, 0.2) is 0 Å². The molecule has 2 rings (SSSR count). The zero-order valence-electron chi connectivity index (χ0n) is 8.94. The van der Waals surface area contributed by atoms with Crippen LogP contribution in [0.25, 0.3) is 0 Å². The second kappa shape index (κ2) is 4.20. The molecule has 4 heteroatoms. The molecule has 1 aromatic carbocycles. The molecule has 0 spiro atoms. The predicted molar refractivity (Wildman–Crippen MR) is 55.9 cm³/mol. The Morgan fingerprint density at radius 3 is 2.50 bits per heavy atom. The van der Waals surface area contributed by atoms with Crippen LogP contribution in [0.4, 0.5) is 8.78 Å². The maximum absolute atomic E-state index is 12.7. The van der Waals surface area contributed by atoms with Gasteiger partial charge in [0.05, 0.1) is 5.92 Å². The first-order chi connectivity index (χ1) is 7.61. The highest BCUT2D eigenvalue weighted by molar-refractivity contribution is 5.85. The molecule has 1 aliphatic heterocycles. The zero-order chi connectivity index (χ0) is 11.7. The van der Waals surface area contributed by atoms with Crippen LogP contribution in [0, 0.1) is 5.92 Å². The second-order valence-corrected chi connectivity index (χ2v) is 4.07. The third-order valence-corrected chi connectivity index (χ3v) is 3.00. The maximum Gasteiger partial charge on any atom is 0.259 e. The lowest BCUT2D eigenvalue weighted by molar-refractivity contribution is -0.167. The van der Waals surface area contributed by atoms with Gasteiger partial charge in [0.25, 0.3) is 6.43 Å². The van der Waals surface area contributed by atoms with Crippen molar-refractivity contribution < 1.29 is 13.6 Å². The molecular formula is C12H13F2NO. The number of halogens is 2. The smallest absolute Gasteiger partial charge is 0.259 e. The molecule has 1 heterocycles. The van der Waals surface area contributed by atoms with Gasteiger partial charge in [-0.15, -0.1) is 0 Å². The van der Waals surface area contributed by atoms with E-state index in [2.05, 4.69) is 0 Å². The summed E-state index contributed by atoms with van der Waals surface area (Å²) in [4.78, 5) is 12.7. The van der Waals surface area contributed by atoms with Crippen molar-refractivity contribution >= 4 is 5.91 Å². The van der Waals surface area contributed by atoms with Crippen LogP contribution in [0.15, 0.2) is 30.3 Å². The molecule has 0 bridgehead atoms. The molecule has 0 N–H and O–H groups in total. The van der Waals surface area contributed by atoms with Gasteiger partial charge in [-0.3, -0.25) is 4.79 Å². The van der Waals surface area contributed by atoms with Gasteiger partial charge in [-0.25, -0.2) is 8.78 Å². The molecule has 0 radical (unpaired) electrons. The number of amides is 1. The molecule has 0 aromatic heterocycles. The number of hydrogen-bond donors (Lipinski definition) is 0. The molecular weight excluding hydrogens is 212 g/mol. The van der Waals surface area contributed by atoms with Crippen molar-refractivity contribution in [1.82, 2.24) is 4.90 Å². The summed E-state index contributed by atoms with van der Waals surface area (Å²) in [5.41, 5.74) is 0.883. The Labute approximate surface area is 92.9 Å². The molecule has 16 heavy (non-hydrogen) atoms. The standard InChI is InChI=1S/C12H13F2NO/c1-8-10(11(13)14)15(12(8)16)7-9-5-3-2-4-6-9/h2-6,8,10-11H,7H2,1H3. The Hall–Kier alpha value is -1.45. The lowest BCUT2D eigenvalue weighted by Gasteiger charge is -2.45. The average molecular weight is 225 g/mol. The Morgan fingerprint density at radius 1 is 1.31 bits per heavy atom. The van der Waals surface area contributed by atoms with Gasteiger partial charge in [-0.2, -0.15) is 0 Å². The Kier molecular flexibility index (Phi) is 2.90. The average Bonchev–Trinajstić information content (AvgIpc) is 2.28. The molecule has 2 unspecified atom stereocenters. The Morgan fingerprint density at radius 2 is 1.94 bits per heavy atom. The van der Waals surface area contributed by atoms with E-state index in [9.17, 15) is 13.6 Å². The summed E-state index contributed by atoms with van der Waals surface area (Å²) in [6, 6.07) is 8.26. The number of carbonyl (C=O) groups excluding carboxylic acids is 1. The fourth-order valence-corrected chi connectivity index (χ4v) is 2.06. The van der Waals surface area contributed by atoms with Gasteiger partial charge >= 0.3 is 0 Å². The summed E-state index contributed by atoms with van der Waals surface area (Å²) >= 11 is 0. The number of likely N-dealkylation sites (tertiary alicyclic amines) is 1. The van der Waals surface area contributed by atoms with Crippen molar-refractivity contribution in [3.63, 3.8) is 0 Å². The molecule has 1 amide bonds. The van der Waals surface area contributed by atoms with E-state index < -0.39 is 18.4 Å². The van der Waals surface area contributed by atoms with E-state index in [-0.39, 0.29) is 12.5 Å². The van der Waals surface area contributed by atoms with Crippen molar-refractivity contribution in [3.05, 3.63) is 35.9 Å². The summed E-state index contributed by atoms with van der Waals surface area (Å²) in [6.45, 7) is 1.83. The number of hydrogen-bond acceptors (Lipinski definition) is 1. The summed E-state index contributed by atoms with van der Waals surface area (Å²) < 4.78 is 25.3. The van der Waals surface area contributed by atoms with Crippen molar-refractivity contribution in [2.75, 3.05) is 0 Å². The number of alkyl halides is 2. The Bertz CT molecular complexity index is 380. The summed E-state index contributed by atoms with van der Waals surface area (Å²) in [5, 5.41) is 0. The number of β-lactam (4-membered cyclic amide) rings is 1. The first kappa shape index (κ1) is 11.0. The van der Waals surface area contributed by atoms with Crippen LogP contribution < -0.4 is 0 Å². The minimum Gasteiger partial charge on any atom is -0.329 e. The van der Waals surface area contributed by atoms with E-state index in [1.165, 1.54) is 4.90 Å². The third-order valence-electron chi connectivity index (χ3n) is 3.00. The van der Waals surface area contributed by atoms with Crippen LogP contribution in [0.3, 0.4) is 0 Å². The molecule has 1 saturated heterocycles. The van der Waals surface area contributed by atoms with Gasteiger partial charge in [-0.1, -0.05) is 37.3 Å². The van der Waals surface area contributed by atoms with Gasteiger partial charge < -0.3 is 4.90 Å². The minimum absolute atomic E-state index is 0.186. The van der Waals surface area contributed by atoms with E-state index >= 15 is 0 Å². The minimum atomic E-state index is -2.46. The maximum atomic E-state index is 12.7. The van der Waals surface area contributed by atoms with Crippen LogP contribution >= 0.6 is 0 Å². The normalized spacial score (nSPS) is 24.8. The quantitative estimate of drug-likeness (QED) is 0.723. The first-order valence-corrected chi connectivity index (χ1v) is 5.24. The molecule has 86 valence electrons. The number of carbonyl (C=O) groups is 1. The van der Waals surface area contributed by atoms with E-state index in [0.717, 1.165) is 5.56 Å². The fourth-order valence-electron chi connectivity index (χ4n) is 2.06. The van der Waals surface area contributed by atoms with Crippen LogP contribution in [-0.2, 0) is 11.3 Å². The van der Waals surface area contributed by atoms with Gasteiger partial charge in [-0.05, 0) is 5.56 Å². The van der Waals surface area contributed by atoms with Crippen molar-refractivity contribution in [1.29, 1.82) is 0 Å². The van der Waals surface area contributed by atoms with Gasteiger partial charge in [0.1, 0.15) is 6.04 Å². The van der Waals surface area contributed by atoms with Crippen LogP contribution in [0.5, 0.6) is 0 Å². The van der Waals surface area contributed by atoms with Crippen LogP contribution in [-0.4, -0.2) is 23.3 Å². The molecule has 0 aliphatic carbocycles. The van der Waals surface area contributed by atoms with Crippen molar-refractivity contribution in [3.8, 4) is 0 Å². The predicted octanol–water partition coefficient (Wildman–Crippen LogP) is 2.30. The van der Waals surface area contributed by atoms with Crippen LogP contribution in [0.2, 0.25) is 0 Å². The summed E-state index contributed by atoms with van der Waals surface area (Å²) in [5.74, 6) is -0.738. The largest absolute Gasteiger partial charge is 0.329 e. The van der Waals surface area contributed by atoms with Crippen molar-refractivity contribution in [2.45, 2.75) is 25.9 Å². The number of nitrogens with zero attached hydrogens (tertiary/aromatic N) is 1. The molecule has 2 nitrogen and oxygen atoms in total. The van der Waals surface area contributed by atoms with E-state index in [4.69, 9.17) is 0 Å². The highest BCUT2D eigenvalue weighted by Gasteiger charge is 2.48. The Balaban J connectivity index is 2.08. The molecule has 2 atom stereocenters. The number of rotatable bonds is 3. The molecule has 0 saturated carbocycles.